The van der Waals surface area contributed by atoms with E-state index in [-0.39, 0.29) is 23.8 Å². The normalized spacial score (nSPS) is 21.3. The molecule has 0 saturated carbocycles. The third-order valence-electron chi connectivity index (χ3n) is 6.67. The fraction of sp³-hybridized carbons (Fsp3) is 0.400. The minimum Gasteiger partial charge on any atom is -0.358 e. The number of carbonyl (C=O) groups excluding carboxylic acids is 2. The average Bonchev–Trinajstić information content (AvgIpc) is 3.44. The number of aromatic amines is 1. The van der Waals surface area contributed by atoms with Crippen molar-refractivity contribution in [2.75, 3.05) is 24.7 Å². The Morgan fingerprint density at radius 1 is 1.19 bits per heavy atom. The molecule has 0 spiro atoms. The zero-order valence-electron chi connectivity index (χ0n) is 18.5. The molecule has 0 radical (unpaired) electrons. The summed E-state index contributed by atoms with van der Waals surface area (Å²) in [5.74, 6) is 1.59. The highest BCUT2D eigenvalue weighted by molar-refractivity contribution is 7.99. The molecule has 2 unspecified atom stereocenters. The van der Waals surface area contributed by atoms with Crippen molar-refractivity contribution in [1.82, 2.24) is 19.8 Å². The molecular weight excluding hydrogens is 420 g/mol. The second-order valence-corrected chi connectivity index (χ2v) is 9.83. The maximum atomic E-state index is 13.4. The maximum absolute atomic E-state index is 13.4. The van der Waals surface area contributed by atoms with Crippen molar-refractivity contribution in [3.63, 3.8) is 0 Å². The quantitative estimate of drug-likeness (QED) is 0.653. The lowest BCUT2D eigenvalue weighted by molar-refractivity contribution is -0.143. The largest absolute Gasteiger partial charge is 0.358 e. The van der Waals surface area contributed by atoms with Gasteiger partial charge in [0.05, 0.1) is 5.88 Å². The van der Waals surface area contributed by atoms with Gasteiger partial charge in [-0.1, -0.05) is 11.6 Å². The highest BCUT2D eigenvalue weighted by Crippen LogP contribution is 2.39. The smallest absolute Gasteiger partial charge is 0.246 e. The van der Waals surface area contributed by atoms with E-state index in [0.29, 0.717) is 18.2 Å². The summed E-state index contributed by atoms with van der Waals surface area (Å²) in [6.07, 6.45) is 5.65. The lowest BCUT2D eigenvalue weighted by atomic mass is 9.89. The van der Waals surface area contributed by atoms with Gasteiger partial charge in [-0.05, 0) is 49.6 Å². The van der Waals surface area contributed by atoms with Gasteiger partial charge in [-0.3, -0.25) is 14.6 Å². The minimum absolute atomic E-state index is 0.0205. The first-order valence-electron chi connectivity index (χ1n) is 11.2. The first kappa shape index (κ1) is 21.1. The third kappa shape index (κ3) is 3.79. The van der Waals surface area contributed by atoms with Gasteiger partial charge in [-0.25, -0.2) is 0 Å². The molecule has 5 rings (SSSR count). The second kappa shape index (κ2) is 8.62. The molecule has 2 atom stereocenters. The molecule has 2 amide bonds. The van der Waals surface area contributed by atoms with Crippen LogP contribution in [-0.2, 0) is 9.59 Å². The van der Waals surface area contributed by atoms with E-state index in [1.165, 1.54) is 22.2 Å². The van der Waals surface area contributed by atoms with Crippen LogP contribution in [-0.4, -0.2) is 62.3 Å². The SMILES string of the molecule is CC(=O)N1CSCC1C(=O)N1CCCC(c2[nH]c3ccc(C)cc3c2-c2ccncc2)C1. The fourth-order valence-electron chi connectivity index (χ4n) is 5.04. The number of likely N-dealkylation sites (tertiary alicyclic amines) is 1. The van der Waals surface area contributed by atoms with Crippen LogP contribution in [0.5, 0.6) is 0 Å². The Labute approximate surface area is 192 Å². The standard InChI is InChI=1S/C25H28N4O2S/c1-16-5-6-21-20(12-16)23(18-7-9-26-10-8-18)24(27-21)19-4-3-11-28(13-19)25(31)22-14-32-15-29(22)17(2)30/h5-10,12,19,22,27H,3-4,11,13-15H2,1-2H3. The van der Waals surface area contributed by atoms with Crippen molar-refractivity contribution < 1.29 is 9.59 Å². The number of carbonyl (C=O) groups is 2. The Morgan fingerprint density at radius 2 is 2.00 bits per heavy atom. The molecule has 2 aromatic heterocycles. The van der Waals surface area contributed by atoms with E-state index in [1.54, 1.807) is 23.6 Å². The number of pyridine rings is 1. The first-order chi connectivity index (χ1) is 15.5. The van der Waals surface area contributed by atoms with Gasteiger partial charge in [-0.15, -0.1) is 11.8 Å². The Morgan fingerprint density at radius 3 is 2.78 bits per heavy atom. The van der Waals surface area contributed by atoms with Crippen LogP contribution in [0.1, 0.15) is 36.9 Å². The lowest BCUT2D eigenvalue weighted by Gasteiger charge is -2.36. The van der Waals surface area contributed by atoms with E-state index in [2.05, 4.69) is 47.2 Å². The Kier molecular flexibility index (Phi) is 5.67. The van der Waals surface area contributed by atoms with Crippen molar-refractivity contribution in [1.29, 1.82) is 0 Å². The molecule has 166 valence electrons. The zero-order valence-corrected chi connectivity index (χ0v) is 19.3. The molecule has 2 saturated heterocycles. The molecule has 32 heavy (non-hydrogen) atoms. The summed E-state index contributed by atoms with van der Waals surface area (Å²) in [6.45, 7) is 5.10. The van der Waals surface area contributed by atoms with Crippen LogP contribution in [0.25, 0.3) is 22.0 Å². The number of aromatic nitrogens is 2. The van der Waals surface area contributed by atoms with Crippen molar-refractivity contribution >= 4 is 34.5 Å². The number of nitrogens with zero attached hydrogens (tertiary/aromatic N) is 3. The van der Waals surface area contributed by atoms with Gasteiger partial charge in [0.15, 0.2) is 0 Å². The number of hydrogen-bond donors (Lipinski definition) is 1. The average molecular weight is 449 g/mol. The predicted molar refractivity (Wildman–Crippen MR) is 128 cm³/mol. The molecule has 1 N–H and O–H groups in total. The summed E-state index contributed by atoms with van der Waals surface area (Å²) < 4.78 is 0. The molecule has 2 fully saturated rings. The van der Waals surface area contributed by atoms with E-state index >= 15 is 0 Å². The van der Waals surface area contributed by atoms with Crippen molar-refractivity contribution in [3.05, 3.63) is 54.0 Å². The van der Waals surface area contributed by atoms with Crippen LogP contribution >= 0.6 is 11.8 Å². The molecule has 2 aliphatic heterocycles. The molecule has 2 aliphatic rings. The monoisotopic (exact) mass is 448 g/mol. The van der Waals surface area contributed by atoms with E-state index in [0.717, 1.165) is 30.5 Å². The molecule has 1 aromatic carbocycles. The van der Waals surface area contributed by atoms with Gasteiger partial charge in [0.1, 0.15) is 6.04 Å². The Hall–Kier alpha value is -2.80. The minimum atomic E-state index is -0.332. The van der Waals surface area contributed by atoms with Crippen LogP contribution in [0, 0.1) is 6.92 Å². The van der Waals surface area contributed by atoms with Gasteiger partial charge in [0, 0.05) is 66.2 Å². The number of nitrogens with one attached hydrogen (secondary N) is 1. The van der Waals surface area contributed by atoms with E-state index in [9.17, 15) is 9.59 Å². The first-order valence-corrected chi connectivity index (χ1v) is 12.3. The van der Waals surface area contributed by atoms with E-state index < -0.39 is 0 Å². The van der Waals surface area contributed by atoms with Crippen LogP contribution in [0.4, 0.5) is 0 Å². The predicted octanol–water partition coefficient (Wildman–Crippen LogP) is 4.17. The van der Waals surface area contributed by atoms with Crippen molar-refractivity contribution in [2.45, 2.75) is 38.6 Å². The van der Waals surface area contributed by atoms with Crippen LogP contribution in [0.15, 0.2) is 42.7 Å². The molecule has 0 aliphatic carbocycles. The second-order valence-electron chi connectivity index (χ2n) is 8.83. The highest BCUT2D eigenvalue weighted by Gasteiger charge is 2.38. The fourth-order valence-corrected chi connectivity index (χ4v) is 6.25. The number of thioether (sulfide) groups is 1. The lowest BCUT2D eigenvalue weighted by Crippen LogP contribution is -2.50. The number of rotatable bonds is 3. The van der Waals surface area contributed by atoms with Crippen molar-refractivity contribution in [3.8, 4) is 11.1 Å². The van der Waals surface area contributed by atoms with Gasteiger partial charge >= 0.3 is 0 Å². The molecular formula is C25H28N4O2S. The van der Waals surface area contributed by atoms with Crippen LogP contribution in [0.3, 0.4) is 0 Å². The summed E-state index contributed by atoms with van der Waals surface area (Å²) in [5.41, 5.74) is 5.90. The van der Waals surface area contributed by atoms with Gasteiger partial charge < -0.3 is 14.8 Å². The van der Waals surface area contributed by atoms with Gasteiger partial charge in [0.2, 0.25) is 11.8 Å². The van der Waals surface area contributed by atoms with Crippen molar-refractivity contribution in [2.24, 2.45) is 0 Å². The zero-order chi connectivity index (χ0) is 22.2. The van der Waals surface area contributed by atoms with Gasteiger partial charge in [0.25, 0.3) is 0 Å². The summed E-state index contributed by atoms with van der Waals surface area (Å²) in [7, 11) is 0. The number of hydrogen-bond acceptors (Lipinski definition) is 4. The molecule has 4 heterocycles. The number of benzene rings is 1. The topological polar surface area (TPSA) is 69.3 Å². The maximum Gasteiger partial charge on any atom is 0.246 e. The number of piperidine rings is 1. The molecule has 7 heteroatoms. The Balaban J connectivity index is 1.49. The highest BCUT2D eigenvalue weighted by atomic mass is 32.2. The van der Waals surface area contributed by atoms with Crippen LogP contribution in [0.2, 0.25) is 0 Å². The van der Waals surface area contributed by atoms with Gasteiger partial charge in [-0.2, -0.15) is 0 Å². The number of amides is 2. The number of fused-ring (bicyclic) bond motifs is 1. The molecule has 0 bridgehead atoms. The molecule has 3 aromatic rings. The van der Waals surface area contributed by atoms with E-state index in [4.69, 9.17) is 0 Å². The van der Waals surface area contributed by atoms with Crippen LogP contribution < -0.4 is 0 Å². The summed E-state index contributed by atoms with van der Waals surface area (Å²) in [5, 5.41) is 1.21. The number of aryl methyl sites for hydroxylation is 1. The number of H-pyrrole nitrogens is 1. The van der Waals surface area contributed by atoms with E-state index in [1.807, 2.05) is 17.3 Å². The summed E-state index contributed by atoms with van der Waals surface area (Å²) in [4.78, 5) is 36.9. The Bertz CT molecular complexity index is 1160. The summed E-state index contributed by atoms with van der Waals surface area (Å²) in [6, 6.07) is 10.3. The third-order valence-corrected chi connectivity index (χ3v) is 7.68. The molecule has 6 nitrogen and oxygen atoms in total. The summed E-state index contributed by atoms with van der Waals surface area (Å²) >= 11 is 1.66.